The van der Waals surface area contributed by atoms with Gasteiger partial charge in [0, 0.05) is 48.5 Å². The van der Waals surface area contributed by atoms with Crippen molar-refractivity contribution in [2.24, 2.45) is 16.2 Å². The van der Waals surface area contributed by atoms with E-state index in [1.807, 2.05) is 0 Å². The smallest absolute Gasteiger partial charge is 0.396 e. The second-order valence-corrected chi connectivity index (χ2v) is 23.0. The van der Waals surface area contributed by atoms with E-state index < -0.39 is 25.0 Å². The van der Waals surface area contributed by atoms with Crippen LogP contribution in [0.3, 0.4) is 0 Å². The van der Waals surface area contributed by atoms with Crippen LogP contribution in [-0.4, -0.2) is 130 Å². The predicted molar refractivity (Wildman–Crippen MR) is 252 cm³/mol. The molecule has 60 heavy (non-hydrogen) atoms. The number of aliphatic hydroxyl groups excluding tert-OH is 6. The number of nitrogens with zero attached hydrogens (tertiary/aromatic N) is 1. The lowest BCUT2D eigenvalue weighted by atomic mass is 9.95. The Morgan fingerprint density at radius 2 is 0.567 bits per heavy atom. The van der Waals surface area contributed by atoms with Crippen LogP contribution >= 0.6 is 0 Å². The highest BCUT2D eigenvalue weighted by atomic mass is 28.4. The van der Waals surface area contributed by atoms with Crippen molar-refractivity contribution in [3.8, 4) is 0 Å². The lowest BCUT2D eigenvalue weighted by Gasteiger charge is -2.39. The summed E-state index contributed by atoms with van der Waals surface area (Å²) in [5, 5.41) is 60.8. The van der Waals surface area contributed by atoms with Gasteiger partial charge in [-0.15, -0.1) is 0 Å². The molecule has 1 atom stereocenters. The molecule has 0 spiro atoms. The molecule has 0 aromatic carbocycles. The molecule has 0 saturated carbocycles. The summed E-state index contributed by atoms with van der Waals surface area (Å²) in [6, 6.07) is 0.449. The summed E-state index contributed by atoms with van der Waals surface area (Å²) in [5.41, 5.74) is -2.81. The van der Waals surface area contributed by atoms with E-state index in [1.54, 1.807) is 20.8 Å². The van der Waals surface area contributed by atoms with Gasteiger partial charge in [-0.05, 0) is 25.7 Å². The number of unbranched alkanes of at least 4 members (excludes halogenated alkanes) is 24. The van der Waals surface area contributed by atoms with Crippen LogP contribution in [0.25, 0.3) is 0 Å². The highest BCUT2D eigenvalue weighted by molar-refractivity contribution is 6.60. The minimum atomic E-state index is -3.64. The van der Waals surface area contributed by atoms with Crippen molar-refractivity contribution in [1.29, 1.82) is 0 Å². The molecular weight excluding hydrogens is 775 g/mol. The summed E-state index contributed by atoms with van der Waals surface area (Å²) >= 11 is 0. The second kappa shape index (κ2) is 37.1. The minimum Gasteiger partial charge on any atom is -0.396 e. The molecule has 6 N–H and O–H groups in total. The van der Waals surface area contributed by atoms with Gasteiger partial charge in [0.15, 0.2) is 0 Å². The monoisotopic (exact) mass is 879 g/mol. The number of rotatable bonds is 47. The van der Waals surface area contributed by atoms with Gasteiger partial charge in [0.1, 0.15) is 0 Å². The second-order valence-electron chi connectivity index (χ2n) is 20.3. The van der Waals surface area contributed by atoms with E-state index in [0.717, 1.165) is 30.5 Å². The summed E-state index contributed by atoms with van der Waals surface area (Å²) in [4.78, 5) is 0. The van der Waals surface area contributed by atoms with Crippen molar-refractivity contribution in [2.45, 2.75) is 214 Å². The molecule has 0 bridgehead atoms. The number of hydrogen-bond donors (Lipinski definition) is 6. The molecular formula is C49H104NO9Si+. The molecule has 10 nitrogen and oxygen atoms in total. The lowest BCUT2D eigenvalue weighted by Crippen LogP contribution is -2.54. The number of hydrogen-bond acceptors (Lipinski definition) is 9. The molecule has 0 aliphatic heterocycles. The van der Waals surface area contributed by atoms with E-state index in [9.17, 15) is 30.6 Å². The molecule has 0 rings (SSSR count). The van der Waals surface area contributed by atoms with E-state index >= 15 is 0 Å². The lowest BCUT2D eigenvalue weighted by molar-refractivity contribution is -0.910. The Labute approximate surface area is 372 Å². The van der Waals surface area contributed by atoms with Gasteiger partial charge in [0.25, 0.3) is 0 Å². The quantitative estimate of drug-likeness (QED) is 0.0200. The molecule has 0 aliphatic rings. The van der Waals surface area contributed by atoms with Crippen molar-refractivity contribution in [3.05, 3.63) is 0 Å². The van der Waals surface area contributed by atoms with Gasteiger partial charge in [-0.3, -0.25) is 0 Å². The van der Waals surface area contributed by atoms with Crippen LogP contribution in [0.2, 0.25) is 6.04 Å². The molecule has 1 unspecified atom stereocenters. The molecule has 362 valence electrons. The van der Waals surface area contributed by atoms with Gasteiger partial charge >= 0.3 is 8.80 Å². The SMILES string of the molecule is CCCCCCCCCCCCCCCCCC[N+](C)(CCCCCCCCCCCC)CCC[Si](OCC(C)(CO)CO)(OCC(C)(CO)CO)OCC(C)(CO)CO. The first-order valence-electron chi connectivity index (χ1n) is 25.2. The maximum absolute atomic E-state index is 10.1. The van der Waals surface area contributed by atoms with Crippen LogP contribution < -0.4 is 0 Å². The van der Waals surface area contributed by atoms with E-state index in [1.165, 1.54) is 167 Å². The zero-order valence-corrected chi connectivity index (χ0v) is 41.6. The van der Waals surface area contributed by atoms with Crippen LogP contribution in [0.4, 0.5) is 0 Å². The van der Waals surface area contributed by atoms with Gasteiger partial charge in [-0.1, -0.05) is 176 Å². The fourth-order valence-electron chi connectivity index (χ4n) is 7.65. The molecule has 0 saturated heterocycles. The molecule has 0 aromatic rings. The Balaban J connectivity index is 5.60. The van der Waals surface area contributed by atoms with Crippen molar-refractivity contribution in [2.75, 3.05) is 86.1 Å². The average Bonchev–Trinajstić information content (AvgIpc) is 3.26. The van der Waals surface area contributed by atoms with Gasteiger partial charge in [0.2, 0.25) is 0 Å². The summed E-state index contributed by atoms with van der Waals surface area (Å²) in [7, 11) is -1.25. The first-order valence-corrected chi connectivity index (χ1v) is 27.2. The summed E-state index contributed by atoms with van der Waals surface area (Å²) < 4.78 is 20.6. The third-order valence-corrected chi connectivity index (χ3v) is 15.7. The van der Waals surface area contributed by atoms with Crippen LogP contribution in [0.15, 0.2) is 0 Å². The third-order valence-electron chi connectivity index (χ3n) is 13.0. The number of aliphatic hydroxyl groups is 6. The summed E-state index contributed by atoms with van der Waals surface area (Å²) in [5.74, 6) is 0. The van der Waals surface area contributed by atoms with Gasteiger partial charge in [-0.2, -0.15) is 0 Å². The predicted octanol–water partition coefficient (Wildman–Crippen LogP) is 9.97. The Kier molecular flexibility index (Phi) is 37.0. The van der Waals surface area contributed by atoms with Crippen molar-refractivity contribution in [1.82, 2.24) is 0 Å². The van der Waals surface area contributed by atoms with Gasteiger partial charge in [-0.25, -0.2) is 0 Å². The van der Waals surface area contributed by atoms with Gasteiger partial charge < -0.3 is 48.4 Å². The highest BCUT2D eigenvalue weighted by Crippen LogP contribution is 2.30. The minimum absolute atomic E-state index is 0.0138. The fourth-order valence-corrected chi connectivity index (χ4v) is 10.6. The zero-order chi connectivity index (χ0) is 44.9. The van der Waals surface area contributed by atoms with Crippen LogP contribution in [0, 0.1) is 16.2 Å². The third kappa shape index (κ3) is 30.0. The van der Waals surface area contributed by atoms with Crippen LogP contribution in [0.5, 0.6) is 0 Å². The molecule has 0 radical (unpaired) electrons. The largest absolute Gasteiger partial charge is 0.501 e. The van der Waals surface area contributed by atoms with Crippen LogP contribution in [0.1, 0.15) is 208 Å². The molecule has 0 fully saturated rings. The van der Waals surface area contributed by atoms with E-state index in [-0.39, 0.29) is 59.5 Å². The summed E-state index contributed by atoms with van der Waals surface area (Å²) in [6.45, 7) is 11.1. The Morgan fingerprint density at radius 3 is 0.800 bits per heavy atom. The van der Waals surface area contributed by atoms with E-state index in [0.29, 0.717) is 6.04 Å². The van der Waals surface area contributed by atoms with E-state index in [2.05, 4.69) is 20.9 Å². The first kappa shape index (κ1) is 59.8. The van der Waals surface area contributed by atoms with E-state index in [4.69, 9.17) is 13.3 Å². The standard InChI is InChI=1S/C49H104NO9Si/c1-7-9-11-13-15-17-19-20-21-22-23-24-26-28-30-32-35-50(6,34-31-29-27-25-18-16-14-12-10-8-2)36-33-37-60(57-44-47(3,38-51)39-52,58-45-48(4,40-53)41-54)59-46-49(5,42-55)43-56/h51-56H,7-46H2,1-6H3/q+1. The van der Waals surface area contributed by atoms with Gasteiger partial charge in [0.05, 0.1) is 66.3 Å². The normalized spacial score (nSPS) is 14.0. The zero-order valence-electron chi connectivity index (χ0n) is 40.6. The molecule has 0 amide bonds. The van der Waals surface area contributed by atoms with Crippen molar-refractivity contribution < 1.29 is 48.4 Å². The molecule has 11 heteroatoms. The average molecular weight is 879 g/mol. The molecule has 0 aliphatic carbocycles. The first-order chi connectivity index (χ1) is 28.8. The molecule has 0 heterocycles. The van der Waals surface area contributed by atoms with Crippen molar-refractivity contribution in [3.63, 3.8) is 0 Å². The van der Waals surface area contributed by atoms with Crippen molar-refractivity contribution >= 4 is 8.80 Å². The summed E-state index contributed by atoms with van der Waals surface area (Å²) in [6.07, 6.45) is 35.6. The fraction of sp³-hybridized carbons (Fsp3) is 1.00. The molecule has 0 aromatic heterocycles. The Bertz CT molecular complexity index is 879. The maximum Gasteiger partial charge on any atom is 0.501 e. The maximum atomic E-state index is 10.1. The van der Waals surface area contributed by atoms with Crippen LogP contribution in [-0.2, 0) is 13.3 Å². The topological polar surface area (TPSA) is 149 Å². The number of quaternary nitrogens is 1. The highest BCUT2D eigenvalue weighted by Gasteiger charge is 2.47. The Hall–Kier alpha value is -0.183. The Morgan fingerprint density at radius 1 is 0.350 bits per heavy atom.